The number of aryl methyl sites for hydroxylation is 1. The number of ether oxygens (including phenoxy) is 2. The van der Waals surface area contributed by atoms with Crippen LogP contribution in [0, 0.1) is 5.92 Å². The van der Waals surface area contributed by atoms with Crippen LogP contribution >= 0.6 is 0 Å². The summed E-state index contributed by atoms with van der Waals surface area (Å²) in [5.74, 6) is 1.86. The molecule has 2 N–H and O–H groups in total. The van der Waals surface area contributed by atoms with Crippen LogP contribution in [0.5, 0.6) is 11.5 Å². The van der Waals surface area contributed by atoms with Crippen LogP contribution in [-0.4, -0.2) is 36.9 Å². The number of rotatable bonds is 11. The molecule has 2 aliphatic rings. The summed E-state index contributed by atoms with van der Waals surface area (Å²) in [6, 6.07) is 4.51. The molecule has 168 valence electrons. The van der Waals surface area contributed by atoms with E-state index < -0.39 is 0 Å². The van der Waals surface area contributed by atoms with E-state index in [4.69, 9.17) is 9.47 Å². The number of nitrogens with one attached hydrogen (secondary N) is 1. The summed E-state index contributed by atoms with van der Waals surface area (Å²) < 4.78 is 11.1. The summed E-state index contributed by atoms with van der Waals surface area (Å²) in [5, 5.41) is 14.4. The zero-order chi connectivity index (χ0) is 21.3. The molecule has 30 heavy (non-hydrogen) atoms. The topological polar surface area (TPSA) is 67.8 Å². The standard InChI is InChI=1S/C25H39NO4/c1-3-4-5-6-7-8-9-19-14-23(28)25-22-16-21(26-12-13-29-18(2)27)11-10-20(22)17-30-24(25)15-19/h14-15,20-22,26,28H,3-13,16-17H2,1-2H3. The highest BCUT2D eigenvalue weighted by atomic mass is 16.5. The third-order valence-corrected chi connectivity index (χ3v) is 6.66. The van der Waals surface area contributed by atoms with Crippen LogP contribution in [-0.2, 0) is 16.0 Å². The Balaban J connectivity index is 1.56. The lowest BCUT2D eigenvalue weighted by atomic mass is 9.72. The van der Waals surface area contributed by atoms with Gasteiger partial charge in [0, 0.05) is 31.0 Å². The Kier molecular flexibility index (Phi) is 8.86. The number of carbonyl (C=O) groups excluding carboxylic acids is 1. The van der Waals surface area contributed by atoms with Crippen LogP contribution in [0.1, 0.15) is 88.7 Å². The summed E-state index contributed by atoms with van der Waals surface area (Å²) in [6.07, 6.45) is 11.8. The van der Waals surface area contributed by atoms with Gasteiger partial charge in [-0.3, -0.25) is 4.79 Å². The molecule has 5 heteroatoms. The Morgan fingerprint density at radius 3 is 2.80 bits per heavy atom. The second-order valence-corrected chi connectivity index (χ2v) is 9.03. The molecule has 1 fully saturated rings. The predicted molar refractivity (Wildman–Crippen MR) is 119 cm³/mol. The minimum absolute atomic E-state index is 0.236. The molecule has 1 aromatic carbocycles. The highest BCUT2D eigenvalue weighted by Gasteiger charge is 2.38. The van der Waals surface area contributed by atoms with Crippen molar-refractivity contribution in [3.8, 4) is 11.5 Å². The van der Waals surface area contributed by atoms with E-state index in [9.17, 15) is 9.90 Å². The molecule has 0 saturated heterocycles. The smallest absolute Gasteiger partial charge is 0.302 e. The lowest BCUT2D eigenvalue weighted by Crippen LogP contribution is -2.41. The maximum Gasteiger partial charge on any atom is 0.302 e. The van der Waals surface area contributed by atoms with Crippen molar-refractivity contribution in [3.05, 3.63) is 23.3 Å². The lowest BCUT2D eigenvalue weighted by Gasteiger charge is -2.40. The van der Waals surface area contributed by atoms with Gasteiger partial charge in [0.25, 0.3) is 0 Å². The number of unbranched alkanes of at least 4 members (excludes halogenated alkanes) is 5. The van der Waals surface area contributed by atoms with Crippen molar-refractivity contribution in [2.24, 2.45) is 5.92 Å². The molecule has 1 saturated carbocycles. The Bertz CT molecular complexity index is 690. The molecule has 3 rings (SSSR count). The second-order valence-electron chi connectivity index (χ2n) is 9.03. The summed E-state index contributed by atoms with van der Waals surface area (Å²) in [4.78, 5) is 10.9. The van der Waals surface area contributed by atoms with Crippen molar-refractivity contribution in [1.29, 1.82) is 0 Å². The lowest BCUT2D eigenvalue weighted by molar-refractivity contribution is -0.140. The zero-order valence-electron chi connectivity index (χ0n) is 18.8. The number of hydrogen-bond donors (Lipinski definition) is 2. The van der Waals surface area contributed by atoms with Crippen molar-refractivity contribution in [1.82, 2.24) is 5.32 Å². The molecule has 3 atom stereocenters. The molecule has 0 amide bonds. The fraction of sp³-hybridized carbons (Fsp3) is 0.720. The van der Waals surface area contributed by atoms with Crippen LogP contribution in [0.2, 0.25) is 0 Å². The van der Waals surface area contributed by atoms with Gasteiger partial charge in [0.05, 0.1) is 6.61 Å². The van der Waals surface area contributed by atoms with Gasteiger partial charge in [-0.15, -0.1) is 0 Å². The molecule has 1 aliphatic heterocycles. The minimum Gasteiger partial charge on any atom is -0.508 e. The Morgan fingerprint density at radius 2 is 2.00 bits per heavy atom. The SMILES string of the molecule is CCCCCCCCc1cc(O)c2c(c1)OCC1CCC(NCCOC(C)=O)CC21. The molecule has 0 aromatic heterocycles. The van der Waals surface area contributed by atoms with Gasteiger partial charge in [-0.1, -0.05) is 39.0 Å². The van der Waals surface area contributed by atoms with E-state index in [2.05, 4.69) is 18.3 Å². The first kappa shape index (κ1) is 22.9. The number of fused-ring (bicyclic) bond motifs is 3. The van der Waals surface area contributed by atoms with Crippen molar-refractivity contribution in [2.75, 3.05) is 19.8 Å². The number of phenolic OH excluding ortho intramolecular Hbond substituents is 1. The molecule has 3 unspecified atom stereocenters. The Hall–Kier alpha value is -1.75. The van der Waals surface area contributed by atoms with Gasteiger partial charge in [-0.25, -0.2) is 0 Å². The highest BCUT2D eigenvalue weighted by molar-refractivity contribution is 5.65. The van der Waals surface area contributed by atoms with E-state index in [1.807, 2.05) is 6.07 Å². The molecule has 5 nitrogen and oxygen atoms in total. The number of phenols is 1. The summed E-state index contributed by atoms with van der Waals surface area (Å²) >= 11 is 0. The molecule has 0 radical (unpaired) electrons. The van der Waals surface area contributed by atoms with E-state index in [-0.39, 0.29) is 5.97 Å². The van der Waals surface area contributed by atoms with Gasteiger partial charge >= 0.3 is 5.97 Å². The Labute approximate surface area is 181 Å². The van der Waals surface area contributed by atoms with E-state index in [1.165, 1.54) is 51.0 Å². The average molecular weight is 418 g/mol. The van der Waals surface area contributed by atoms with Crippen molar-refractivity contribution in [3.63, 3.8) is 0 Å². The van der Waals surface area contributed by atoms with Crippen LogP contribution in [0.3, 0.4) is 0 Å². The molecule has 1 aliphatic carbocycles. The van der Waals surface area contributed by atoms with Gasteiger partial charge < -0.3 is 19.9 Å². The molecule has 1 heterocycles. The number of benzene rings is 1. The number of hydrogen-bond acceptors (Lipinski definition) is 5. The third-order valence-electron chi connectivity index (χ3n) is 6.66. The molecule has 0 bridgehead atoms. The summed E-state index contributed by atoms with van der Waals surface area (Å²) in [6.45, 7) is 5.51. The van der Waals surface area contributed by atoms with Gasteiger partial charge in [0.15, 0.2) is 0 Å². The fourth-order valence-electron chi connectivity index (χ4n) is 5.04. The highest BCUT2D eigenvalue weighted by Crippen LogP contribution is 2.49. The number of aromatic hydroxyl groups is 1. The normalized spacial score (nSPS) is 22.7. The first-order chi connectivity index (χ1) is 14.6. The second kappa shape index (κ2) is 11.6. The first-order valence-corrected chi connectivity index (χ1v) is 11.9. The monoisotopic (exact) mass is 417 g/mol. The predicted octanol–water partition coefficient (Wildman–Crippen LogP) is 5.09. The van der Waals surface area contributed by atoms with Crippen LogP contribution in [0.15, 0.2) is 12.1 Å². The molecule has 0 spiro atoms. The molecule has 1 aromatic rings. The van der Waals surface area contributed by atoms with Crippen molar-refractivity contribution >= 4 is 5.97 Å². The van der Waals surface area contributed by atoms with Gasteiger partial charge in [0.1, 0.15) is 18.1 Å². The fourth-order valence-corrected chi connectivity index (χ4v) is 5.04. The minimum atomic E-state index is -0.236. The maximum absolute atomic E-state index is 10.9. The zero-order valence-corrected chi connectivity index (χ0v) is 18.8. The average Bonchev–Trinajstić information content (AvgIpc) is 2.73. The van der Waals surface area contributed by atoms with Crippen molar-refractivity contribution in [2.45, 2.75) is 90.0 Å². The van der Waals surface area contributed by atoms with Crippen molar-refractivity contribution < 1.29 is 19.4 Å². The third kappa shape index (κ3) is 6.37. The number of esters is 1. The largest absolute Gasteiger partial charge is 0.508 e. The quantitative estimate of drug-likeness (QED) is 0.388. The van der Waals surface area contributed by atoms with Gasteiger partial charge in [0.2, 0.25) is 0 Å². The molecular formula is C25H39NO4. The number of carbonyl (C=O) groups is 1. The maximum atomic E-state index is 10.9. The summed E-state index contributed by atoms with van der Waals surface area (Å²) in [5.41, 5.74) is 2.19. The van der Waals surface area contributed by atoms with E-state index >= 15 is 0 Å². The van der Waals surface area contributed by atoms with Gasteiger partial charge in [-0.05, 0) is 55.7 Å². The van der Waals surface area contributed by atoms with Crippen LogP contribution < -0.4 is 10.1 Å². The first-order valence-electron chi connectivity index (χ1n) is 11.9. The van der Waals surface area contributed by atoms with Crippen LogP contribution in [0.4, 0.5) is 0 Å². The van der Waals surface area contributed by atoms with Gasteiger partial charge in [-0.2, -0.15) is 0 Å². The van der Waals surface area contributed by atoms with Crippen LogP contribution in [0.25, 0.3) is 0 Å². The van der Waals surface area contributed by atoms with E-state index in [0.717, 1.165) is 43.6 Å². The van der Waals surface area contributed by atoms with E-state index in [1.54, 1.807) is 0 Å². The Morgan fingerprint density at radius 1 is 1.20 bits per heavy atom. The summed E-state index contributed by atoms with van der Waals surface area (Å²) in [7, 11) is 0. The van der Waals surface area contributed by atoms with E-state index in [0.29, 0.717) is 36.8 Å². The molecular weight excluding hydrogens is 378 g/mol.